The normalized spacial score (nSPS) is 17.2. The molecule has 2 atom stereocenters. The van der Waals surface area contributed by atoms with E-state index in [2.05, 4.69) is 72.3 Å². The molecular weight excluding hydrogens is 456 g/mol. The van der Waals surface area contributed by atoms with Crippen LogP contribution in [0.5, 0.6) is 0 Å². The van der Waals surface area contributed by atoms with Gasteiger partial charge in [-0.15, -0.1) is 0 Å². The predicted molar refractivity (Wildman–Crippen MR) is 151 cm³/mol. The molecule has 37 heavy (non-hydrogen) atoms. The van der Waals surface area contributed by atoms with Crippen molar-refractivity contribution in [3.8, 4) is 22.5 Å². The second kappa shape index (κ2) is 14.1. The van der Waals surface area contributed by atoms with E-state index < -0.39 is 0 Å². The van der Waals surface area contributed by atoms with E-state index in [0.717, 1.165) is 54.4 Å². The molecule has 4 nitrogen and oxygen atoms in total. The van der Waals surface area contributed by atoms with Crippen molar-refractivity contribution in [1.82, 2.24) is 9.97 Å². The molecule has 2 aromatic carbocycles. The number of aryl methyl sites for hydroxylation is 1. The number of rotatable bonds is 14. The summed E-state index contributed by atoms with van der Waals surface area (Å²) in [5, 5.41) is 0. The molecule has 2 heterocycles. The van der Waals surface area contributed by atoms with E-state index in [1.165, 1.54) is 50.5 Å². The average Bonchev–Trinajstić information content (AvgIpc) is 3.28. The maximum atomic E-state index is 12.4. The largest absolute Gasteiger partial charge is 0.462 e. The summed E-state index contributed by atoms with van der Waals surface area (Å²) in [5.74, 6) is 0.659. The van der Waals surface area contributed by atoms with Gasteiger partial charge in [0.05, 0.1) is 5.92 Å². The van der Waals surface area contributed by atoms with E-state index in [1.807, 2.05) is 12.4 Å². The summed E-state index contributed by atoms with van der Waals surface area (Å²) in [5.41, 5.74) is 5.69. The number of cyclic esters (lactones) is 1. The van der Waals surface area contributed by atoms with Crippen LogP contribution in [0.25, 0.3) is 22.5 Å². The molecule has 0 radical (unpaired) electrons. The standard InChI is InChI=1S/C33H42N2O2/c1-3-5-7-8-9-10-12-31-22-29(33(36)37-31)21-26-15-19-28(20-16-26)32-34-23-30(24-35-32)27-17-13-25(14-18-27)11-6-4-2/h13-20,23-24,29,31H,3-12,21-22H2,1-2H3. The van der Waals surface area contributed by atoms with Crippen LogP contribution < -0.4 is 0 Å². The van der Waals surface area contributed by atoms with Gasteiger partial charge in [0.25, 0.3) is 0 Å². The van der Waals surface area contributed by atoms with E-state index in [0.29, 0.717) is 5.82 Å². The molecule has 2 unspecified atom stereocenters. The second-order valence-electron chi connectivity index (χ2n) is 10.5. The van der Waals surface area contributed by atoms with Crippen molar-refractivity contribution in [2.24, 2.45) is 5.92 Å². The first kappa shape index (κ1) is 27.0. The highest BCUT2D eigenvalue weighted by atomic mass is 16.5. The third-order valence-electron chi connectivity index (χ3n) is 7.50. The van der Waals surface area contributed by atoms with Gasteiger partial charge in [0.2, 0.25) is 0 Å². The number of carbonyl (C=O) groups excluding carboxylic acids is 1. The first-order valence-electron chi connectivity index (χ1n) is 14.4. The van der Waals surface area contributed by atoms with Crippen LogP contribution in [-0.4, -0.2) is 22.0 Å². The highest BCUT2D eigenvalue weighted by Crippen LogP contribution is 2.29. The second-order valence-corrected chi connectivity index (χ2v) is 10.5. The minimum absolute atomic E-state index is 0.0279. The Hall–Kier alpha value is -3.01. The molecule has 1 fully saturated rings. The Bertz CT molecular complexity index is 1090. The van der Waals surface area contributed by atoms with Gasteiger partial charge in [-0.25, -0.2) is 9.97 Å². The van der Waals surface area contributed by atoms with Gasteiger partial charge in [0, 0.05) is 23.5 Å². The van der Waals surface area contributed by atoms with Gasteiger partial charge >= 0.3 is 5.97 Å². The Morgan fingerprint density at radius 2 is 1.35 bits per heavy atom. The van der Waals surface area contributed by atoms with Crippen molar-refractivity contribution < 1.29 is 9.53 Å². The van der Waals surface area contributed by atoms with Gasteiger partial charge < -0.3 is 4.74 Å². The van der Waals surface area contributed by atoms with Crippen LogP contribution in [0, 0.1) is 5.92 Å². The summed E-state index contributed by atoms with van der Waals surface area (Å²) in [6.45, 7) is 4.46. The summed E-state index contributed by atoms with van der Waals surface area (Å²) in [6, 6.07) is 17.0. The third kappa shape index (κ3) is 7.99. The quantitative estimate of drug-likeness (QED) is 0.165. The van der Waals surface area contributed by atoms with E-state index in [-0.39, 0.29) is 18.0 Å². The number of nitrogens with zero attached hydrogens (tertiary/aromatic N) is 2. The van der Waals surface area contributed by atoms with Gasteiger partial charge in [-0.2, -0.15) is 0 Å². The number of aromatic nitrogens is 2. The minimum Gasteiger partial charge on any atom is -0.462 e. The molecule has 4 rings (SSSR count). The van der Waals surface area contributed by atoms with Crippen molar-refractivity contribution in [2.45, 2.75) is 97.0 Å². The number of hydrogen-bond donors (Lipinski definition) is 0. The number of benzene rings is 2. The lowest BCUT2D eigenvalue weighted by Crippen LogP contribution is -2.10. The molecule has 0 N–H and O–H groups in total. The van der Waals surface area contributed by atoms with Crippen molar-refractivity contribution >= 4 is 5.97 Å². The Labute approximate surface area is 222 Å². The number of carbonyl (C=O) groups is 1. The fourth-order valence-electron chi connectivity index (χ4n) is 5.16. The van der Waals surface area contributed by atoms with Gasteiger partial charge in [0.15, 0.2) is 5.82 Å². The third-order valence-corrected chi connectivity index (χ3v) is 7.50. The van der Waals surface area contributed by atoms with Crippen LogP contribution >= 0.6 is 0 Å². The molecule has 0 bridgehead atoms. The molecule has 1 aromatic heterocycles. The summed E-state index contributed by atoms with van der Waals surface area (Å²) in [7, 11) is 0. The topological polar surface area (TPSA) is 52.1 Å². The number of ether oxygens (including phenoxy) is 1. The lowest BCUT2D eigenvalue weighted by Gasteiger charge is -2.09. The van der Waals surface area contributed by atoms with Crippen molar-refractivity contribution in [3.63, 3.8) is 0 Å². The van der Waals surface area contributed by atoms with Crippen molar-refractivity contribution in [3.05, 3.63) is 72.1 Å². The zero-order valence-electron chi connectivity index (χ0n) is 22.6. The lowest BCUT2D eigenvalue weighted by molar-refractivity contribution is -0.144. The van der Waals surface area contributed by atoms with E-state index in [9.17, 15) is 4.79 Å². The number of hydrogen-bond acceptors (Lipinski definition) is 4. The molecule has 0 spiro atoms. The highest BCUT2D eigenvalue weighted by molar-refractivity contribution is 5.75. The number of unbranched alkanes of at least 4 members (excludes halogenated alkanes) is 6. The Morgan fingerprint density at radius 3 is 2.05 bits per heavy atom. The van der Waals surface area contributed by atoms with Crippen LogP contribution in [-0.2, 0) is 22.4 Å². The van der Waals surface area contributed by atoms with Crippen LogP contribution in [0.3, 0.4) is 0 Å². The molecule has 1 aliphatic heterocycles. The molecule has 0 aliphatic carbocycles. The van der Waals surface area contributed by atoms with Crippen LogP contribution in [0.2, 0.25) is 0 Å². The highest BCUT2D eigenvalue weighted by Gasteiger charge is 2.33. The van der Waals surface area contributed by atoms with E-state index in [4.69, 9.17) is 4.74 Å². The molecule has 1 aliphatic rings. The first-order valence-corrected chi connectivity index (χ1v) is 14.4. The fourth-order valence-corrected chi connectivity index (χ4v) is 5.16. The zero-order valence-corrected chi connectivity index (χ0v) is 22.6. The zero-order chi connectivity index (χ0) is 25.9. The maximum Gasteiger partial charge on any atom is 0.309 e. The Balaban J connectivity index is 1.27. The smallest absolute Gasteiger partial charge is 0.309 e. The molecule has 4 heteroatoms. The number of esters is 1. The SMILES string of the molecule is CCCCCCCCC1CC(Cc2ccc(-c3ncc(-c4ccc(CCCC)cc4)cn3)cc2)C(=O)O1. The van der Waals surface area contributed by atoms with Crippen molar-refractivity contribution in [1.29, 1.82) is 0 Å². The maximum absolute atomic E-state index is 12.4. The molecule has 3 aromatic rings. The predicted octanol–water partition coefficient (Wildman–Crippen LogP) is 8.38. The summed E-state index contributed by atoms with van der Waals surface area (Å²) >= 11 is 0. The van der Waals surface area contributed by atoms with E-state index in [1.54, 1.807) is 0 Å². The van der Waals surface area contributed by atoms with Gasteiger partial charge in [0.1, 0.15) is 6.10 Å². The monoisotopic (exact) mass is 498 g/mol. The fraction of sp³-hybridized carbons (Fsp3) is 0.485. The summed E-state index contributed by atoms with van der Waals surface area (Å²) in [4.78, 5) is 21.7. The van der Waals surface area contributed by atoms with Crippen LogP contribution in [0.1, 0.15) is 89.2 Å². The first-order chi connectivity index (χ1) is 18.2. The van der Waals surface area contributed by atoms with Crippen LogP contribution in [0.15, 0.2) is 60.9 Å². The Kier molecular flexibility index (Phi) is 10.3. The van der Waals surface area contributed by atoms with Crippen molar-refractivity contribution in [2.75, 3.05) is 0 Å². The van der Waals surface area contributed by atoms with Crippen LogP contribution in [0.4, 0.5) is 0 Å². The Morgan fingerprint density at radius 1 is 0.730 bits per heavy atom. The van der Waals surface area contributed by atoms with E-state index >= 15 is 0 Å². The lowest BCUT2D eigenvalue weighted by atomic mass is 9.94. The molecule has 1 saturated heterocycles. The summed E-state index contributed by atoms with van der Waals surface area (Å²) in [6.07, 6.45) is 17.7. The van der Waals surface area contributed by atoms with Gasteiger partial charge in [-0.3, -0.25) is 4.79 Å². The minimum atomic E-state index is -0.0302. The molecular formula is C33H42N2O2. The molecule has 0 amide bonds. The molecule has 196 valence electrons. The van der Waals surface area contributed by atoms with Gasteiger partial charge in [-0.05, 0) is 55.2 Å². The average molecular weight is 499 g/mol. The summed E-state index contributed by atoms with van der Waals surface area (Å²) < 4.78 is 5.68. The molecule has 0 saturated carbocycles. The van der Waals surface area contributed by atoms with Gasteiger partial charge in [-0.1, -0.05) is 101 Å².